The maximum atomic E-state index is 14.3. The van der Waals surface area contributed by atoms with Gasteiger partial charge in [0, 0.05) is 45.2 Å². The van der Waals surface area contributed by atoms with Crippen LogP contribution in [0.5, 0.6) is 5.75 Å². The number of urea groups is 1. The molecule has 0 saturated carbocycles. The first-order valence-corrected chi connectivity index (χ1v) is 13.1. The lowest BCUT2D eigenvalue weighted by Gasteiger charge is -2.41. The average molecular weight is 517 g/mol. The van der Waals surface area contributed by atoms with E-state index in [9.17, 15) is 14.0 Å². The summed E-state index contributed by atoms with van der Waals surface area (Å²) in [6, 6.07) is 23.8. The number of hydrogen-bond acceptors (Lipinski definition) is 4. The van der Waals surface area contributed by atoms with Gasteiger partial charge in [0.05, 0.1) is 24.4 Å². The molecule has 0 aliphatic carbocycles. The molecular formula is C30H33FN4O3. The second kappa shape index (κ2) is 11.5. The Morgan fingerprint density at radius 2 is 1.53 bits per heavy atom. The highest BCUT2D eigenvalue weighted by Crippen LogP contribution is 2.33. The number of ether oxygens (including phenoxy) is 1. The lowest BCUT2D eigenvalue weighted by Crippen LogP contribution is -2.54. The second-order valence-electron chi connectivity index (χ2n) is 9.84. The summed E-state index contributed by atoms with van der Waals surface area (Å²) in [5.74, 6) is 0.105. The van der Waals surface area contributed by atoms with E-state index in [4.69, 9.17) is 4.74 Å². The summed E-state index contributed by atoms with van der Waals surface area (Å²) in [4.78, 5) is 32.7. The van der Waals surface area contributed by atoms with Gasteiger partial charge in [-0.25, -0.2) is 9.18 Å². The van der Waals surface area contributed by atoms with Crippen LogP contribution in [0.3, 0.4) is 0 Å². The number of piperidine rings is 1. The highest BCUT2D eigenvalue weighted by molar-refractivity contribution is 5.91. The van der Waals surface area contributed by atoms with Crippen LogP contribution in [0.1, 0.15) is 17.9 Å². The quantitative estimate of drug-likeness (QED) is 0.528. The van der Waals surface area contributed by atoms with Crippen molar-refractivity contribution in [1.82, 2.24) is 9.80 Å². The third-order valence-electron chi connectivity index (χ3n) is 7.49. The largest absolute Gasteiger partial charge is 0.495 e. The number of amides is 3. The highest BCUT2D eigenvalue weighted by atomic mass is 19.1. The third-order valence-corrected chi connectivity index (χ3v) is 7.49. The number of piperazine rings is 1. The zero-order chi connectivity index (χ0) is 26.5. The van der Waals surface area contributed by atoms with Crippen LogP contribution in [0.2, 0.25) is 0 Å². The Labute approximate surface area is 222 Å². The number of likely N-dealkylation sites (tertiary alicyclic amines) is 1. The molecule has 2 heterocycles. The number of para-hydroxylation sites is 3. The van der Waals surface area contributed by atoms with Gasteiger partial charge in [0.25, 0.3) is 0 Å². The van der Waals surface area contributed by atoms with E-state index in [1.165, 1.54) is 6.07 Å². The van der Waals surface area contributed by atoms with E-state index in [0.717, 1.165) is 5.56 Å². The Kier molecular flexibility index (Phi) is 7.77. The maximum absolute atomic E-state index is 14.3. The van der Waals surface area contributed by atoms with Crippen LogP contribution in [-0.2, 0) is 4.79 Å². The summed E-state index contributed by atoms with van der Waals surface area (Å²) in [5.41, 5.74) is 2.28. The number of carbonyl (C=O) groups excluding carboxylic acids is 2. The molecule has 2 atom stereocenters. The number of benzene rings is 3. The summed E-state index contributed by atoms with van der Waals surface area (Å²) >= 11 is 0. The highest BCUT2D eigenvalue weighted by Gasteiger charge is 2.37. The van der Waals surface area contributed by atoms with Crippen molar-refractivity contribution >= 4 is 23.3 Å². The third kappa shape index (κ3) is 5.59. The minimum atomic E-state index is -0.322. The van der Waals surface area contributed by atoms with Crippen molar-refractivity contribution in [3.8, 4) is 5.75 Å². The number of nitrogens with one attached hydrogen (secondary N) is 1. The van der Waals surface area contributed by atoms with E-state index < -0.39 is 0 Å². The van der Waals surface area contributed by atoms with Gasteiger partial charge in [-0.3, -0.25) is 4.79 Å². The topological polar surface area (TPSA) is 65.1 Å². The predicted molar refractivity (Wildman–Crippen MR) is 146 cm³/mol. The van der Waals surface area contributed by atoms with E-state index in [-0.39, 0.29) is 29.6 Å². The van der Waals surface area contributed by atoms with E-state index in [1.807, 2.05) is 46.2 Å². The van der Waals surface area contributed by atoms with Gasteiger partial charge in [-0.05, 0) is 36.2 Å². The molecular weight excluding hydrogens is 483 g/mol. The molecule has 198 valence electrons. The first kappa shape index (κ1) is 25.6. The monoisotopic (exact) mass is 516 g/mol. The van der Waals surface area contributed by atoms with E-state index >= 15 is 0 Å². The first-order chi connectivity index (χ1) is 18.5. The SMILES string of the molecule is COc1ccccc1NC(=O)N1CC(C(=O)N2CCN(c3ccccc3F)CC2)CC(c2ccccc2)C1. The zero-order valence-corrected chi connectivity index (χ0v) is 21.6. The summed E-state index contributed by atoms with van der Waals surface area (Å²) in [6.07, 6.45) is 0.675. The number of nitrogens with zero attached hydrogens (tertiary/aromatic N) is 3. The molecule has 2 fully saturated rings. The number of halogens is 1. The van der Waals surface area contributed by atoms with Gasteiger partial charge in [0.1, 0.15) is 11.6 Å². The van der Waals surface area contributed by atoms with Crippen molar-refractivity contribution in [3.05, 3.63) is 90.2 Å². The van der Waals surface area contributed by atoms with Gasteiger partial charge >= 0.3 is 6.03 Å². The molecule has 2 saturated heterocycles. The minimum Gasteiger partial charge on any atom is -0.495 e. The van der Waals surface area contributed by atoms with Gasteiger partial charge in [0.2, 0.25) is 5.91 Å². The van der Waals surface area contributed by atoms with E-state index in [1.54, 1.807) is 36.3 Å². The van der Waals surface area contributed by atoms with Crippen molar-refractivity contribution in [1.29, 1.82) is 0 Å². The molecule has 0 bridgehead atoms. The predicted octanol–water partition coefficient (Wildman–Crippen LogP) is 4.82. The molecule has 3 amide bonds. The normalized spacial score (nSPS) is 19.7. The first-order valence-electron chi connectivity index (χ1n) is 13.1. The smallest absolute Gasteiger partial charge is 0.321 e. The van der Waals surface area contributed by atoms with Crippen molar-refractivity contribution in [2.75, 3.05) is 56.6 Å². The molecule has 3 aromatic carbocycles. The fourth-order valence-corrected chi connectivity index (χ4v) is 5.49. The molecule has 1 N–H and O–H groups in total. The molecule has 5 rings (SSSR count). The van der Waals surface area contributed by atoms with E-state index in [0.29, 0.717) is 62.8 Å². The van der Waals surface area contributed by atoms with Gasteiger partial charge in [0.15, 0.2) is 0 Å². The van der Waals surface area contributed by atoms with Gasteiger partial charge in [-0.2, -0.15) is 0 Å². The van der Waals surface area contributed by atoms with Gasteiger partial charge in [-0.1, -0.05) is 54.6 Å². The summed E-state index contributed by atoms with van der Waals surface area (Å²) in [6.45, 7) is 3.05. The number of rotatable bonds is 5. The van der Waals surface area contributed by atoms with Crippen LogP contribution in [0, 0.1) is 11.7 Å². The maximum Gasteiger partial charge on any atom is 0.321 e. The van der Waals surface area contributed by atoms with Gasteiger partial charge < -0.3 is 24.8 Å². The molecule has 2 unspecified atom stereocenters. The molecule has 2 aliphatic rings. The molecule has 38 heavy (non-hydrogen) atoms. The van der Waals surface area contributed by atoms with Crippen LogP contribution in [-0.4, -0.2) is 68.1 Å². The lowest BCUT2D eigenvalue weighted by atomic mass is 9.84. The van der Waals surface area contributed by atoms with Crippen LogP contribution < -0.4 is 15.0 Å². The zero-order valence-electron chi connectivity index (χ0n) is 21.6. The number of methoxy groups -OCH3 is 1. The van der Waals surface area contributed by atoms with Crippen LogP contribution in [0.4, 0.5) is 20.6 Å². The Morgan fingerprint density at radius 1 is 0.842 bits per heavy atom. The molecule has 0 aromatic heterocycles. The van der Waals surface area contributed by atoms with Crippen molar-refractivity contribution < 1.29 is 18.7 Å². The average Bonchev–Trinajstić information content (AvgIpc) is 2.97. The number of carbonyl (C=O) groups is 2. The standard InChI is InChI=1S/C30H33FN4O3/c1-38-28-14-8-6-12-26(28)32-30(37)35-20-23(22-9-3-2-4-10-22)19-24(21-35)29(36)34-17-15-33(16-18-34)27-13-7-5-11-25(27)31/h2-14,23-24H,15-21H2,1H3,(H,32,37). The summed E-state index contributed by atoms with van der Waals surface area (Å²) < 4.78 is 19.7. The number of hydrogen-bond donors (Lipinski definition) is 1. The van der Waals surface area contributed by atoms with Gasteiger partial charge in [-0.15, -0.1) is 0 Å². The van der Waals surface area contributed by atoms with Crippen molar-refractivity contribution in [2.24, 2.45) is 5.92 Å². The summed E-state index contributed by atoms with van der Waals surface area (Å²) in [5, 5.41) is 2.97. The molecule has 0 radical (unpaired) electrons. The second-order valence-corrected chi connectivity index (χ2v) is 9.84. The molecule has 8 heteroatoms. The van der Waals surface area contributed by atoms with E-state index in [2.05, 4.69) is 17.4 Å². The van der Waals surface area contributed by atoms with Crippen LogP contribution in [0.15, 0.2) is 78.9 Å². The lowest BCUT2D eigenvalue weighted by molar-refractivity contribution is -0.137. The molecule has 7 nitrogen and oxygen atoms in total. The number of anilines is 2. The Hall–Kier alpha value is -4.07. The summed E-state index contributed by atoms with van der Waals surface area (Å²) in [7, 11) is 1.57. The fraction of sp³-hybridized carbons (Fsp3) is 0.333. The molecule has 0 spiro atoms. The van der Waals surface area contributed by atoms with Crippen LogP contribution >= 0.6 is 0 Å². The Balaban J connectivity index is 1.30. The Bertz CT molecular complexity index is 1260. The minimum absolute atomic E-state index is 0.0435. The molecule has 2 aliphatic heterocycles. The van der Waals surface area contributed by atoms with Crippen molar-refractivity contribution in [3.63, 3.8) is 0 Å². The fourth-order valence-electron chi connectivity index (χ4n) is 5.49. The Morgan fingerprint density at radius 3 is 2.26 bits per heavy atom. The van der Waals surface area contributed by atoms with Crippen LogP contribution in [0.25, 0.3) is 0 Å². The van der Waals surface area contributed by atoms with Crippen molar-refractivity contribution in [2.45, 2.75) is 12.3 Å². The molecule has 3 aromatic rings.